The Morgan fingerprint density at radius 3 is 1.17 bits per heavy atom. The summed E-state index contributed by atoms with van der Waals surface area (Å²) in [6.45, 7) is 0. The number of hydrogen-bond acceptors (Lipinski definition) is 0. The summed E-state index contributed by atoms with van der Waals surface area (Å²) < 4.78 is 30.8. The Bertz CT molecular complexity index is 24.3. The highest BCUT2D eigenvalue weighted by atomic mass is 79.9. The van der Waals surface area contributed by atoms with Gasteiger partial charge in [-0.1, -0.05) is 0 Å². The van der Waals surface area contributed by atoms with Gasteiger partial charge in [0.15, 0.2) is 0 Å². The van der Waals surface area contributed by atoms with Crippen LogP contribution < -0.4 is 0 Å². The zero-order valence-corrected chi connectivity index (χ0v) is 4.18. The van der Waals surface area contributed by atoms with Gasteiger partial charge in [-0.2, -0.15) is 13.2 Å². The third-order valence-corrected chi connectivity index (χ3v) is 0. The Labute approximate surface area is 42.5 Å². The van der Waals surface area contributed by atoms with Crippen LogP contribution in [-0.2, 0) is 0 Å². The smallest absolute Gasteiger partial charge is 0.160 e. The zero-order chi connectivity index (χ0) is 4.50. The molecule has 0 aliphatic rings. The van der Waals surface area contributed by atoms with E-state index >= 15 is 0 Å². The Morgan fingerprint density at radius 2 is 1.17 bits per heavy atom. The van der Waals surface area contributed by atoms with E-state index < -0.39 is 5.09 Å². The van der Waals surface area contributed by atoms with E-state index in [-0.39, 0.29) is 7.43 Å². The van der Waals surface area contributed by atoms with Gasteiger partial charge < -0.3 is 0 Å². The molecule has 0 nitrogen and oxygen atoms in total. The molecule has 0 aromatic carbocycles. The monoisotopic (exact) mass is 161 g/mol. The maximum atomic E-state index is 10.3. The molecule has 4 heteroatoms. The van der Waals surface area contributed by atoms with E-state index in [0.29, 0.717) is 0 Å². The van der Waals surface area contributed by atoms with E-state index in [1.807, 2.05) is 0 Å². The molecule has 0 saturated heterocycles. The molecule has 0 bridgehead atoms. The molecule has 0 N–H and O–H groups in total. The van der Waals surface area contributed by atoms with Crippen LogP contribution in [0.1, 0.15) is 0 Å². The summed E-state index contributed by atoms with van der Waals surface area (Å²) in [6, 6.07) is 0. The molecule has 0 heterocycles. The molecule has 0 aromatic heterocycles. The highest BCUT2D eigenvalue weighted by Crippen LogP contribution is 2.21. The minimum atomic E-state index is -4.19. The van der Waals surface area contributed by atoms with Crippen LogP contribution in [0.15, 0.2) is 0 Å². The van der Waals surface area contributed by atoms with Crippen molar-refractivity contribution in [3.05, 3.63) is 7.43 Å². The third kappa shape index (κ3) is 626. The van der Waals surface area contributed by atoms with Crippen molar-refractivity contribution in [1.29, 1.82) is 0 Å². The summed E-state index contributed by atoms with van der Waals surface area (Å²) in [5, 5.41) is -4.19. The lowest BCUT2D eigenvalue weighted by atomic mass is 11.6. The quantitative estimate of drug-likeness (QED) is 0.478. The van der Waals surface area contributed by atoms with Gasteiger partial charge in [0.25, 0.3) is 0 Å². The van der Waals surface area contributed by atoms with Crippen molar-refractivity contribution < 1.29 is 13.2 Å². The molecule has 0 aliphatic carbocycles. The lowest BCUT2D eigenvalue weighted by Crippen LogP contribution is -1.88. The Morgan fingerprint density at radius 1 is 1.17 bits per heavy atom. The van der Waals surface area contributed by atoms with Crippen molar-refractivity contribution in [3.63, 3.8) is 0 Å². The minimum absolute atomic E-state index is 0. The van der Waals surface area contributed by atoms with Crippen molar-refractivity contribution in [2.45, 2.75) is 5.09 Å². The summed E-state index contributed by atoms with van der Waals surface area (Å²) in [6.07, 6.45) is 0. The van der Waals surface area contributed by atoms with Crippen molar-refractivity contribution in [2.24, 2.45) is 0 Å². The molecular weight excluding hydrogens is 161 g/mol. The molecule has 0 amide bonds. The molecule has 0 aliphatic heterocycles. The van der Waals surface area contributed by atoms with Gasteiger partial charge in [0.2, 0.25) is 0 Å². The summed E-state index contributed by atoms with van der Waals surface area (Å²) in [7, 11) is 0. The maximum absolute atomic E-state index is 10.3. The first-order chi connectivity index (χ1) is 2.00. The average Bonchev–Trinajstić information content (AvgIpc) is 0.722. The first kappa shape index (κ1) is 9.55. The molecular formula is C2HBrF3. The topological polar surface area (TPSA) is 0 Å². The maximum Gasteiger partial charge on any atom is 0.448 e. The first-order valence-electron chi connectivity index (χ1n) is 0.756. The Hall–Kier alpha value is 0.270. The average molecular weight is 162 g/mol. The summed E-state index contributed by atoms with van der Waals surface area (Å²) >= 11 is 1.38. The molecule has 0 aromatic rings. The van der Waals surface area contributed by atoms with E-state index in [2.05, 4.69) is 0 Å². The normalized spacial score (nSPS) is 10.0. The standard InChI is InChI=1S/CBrF3.CH/c2-1(3,4)5;/h;1H. The third-order valence-electron chi connectivity index (χ3n) is 0. The van der Waals surface area contributed by atoms with Gasteiger partial charge in [0, 0.05) is 15.9 Å². The van der Waals surface area contributed by atoms with Gasteiger partial charge in [-0.15, -0.1) is 0 Å². The number of alkyl halides is 4. The van der Waals surface area contributed by atoms with Gasteiger partial charge in [-0.05, 0) is 7.43 Å². The fourth-order valence-corrected chi connectivity index (χ4v) is 0. The fourth-order valence-electron chi connectivity index (χ4n) is 0. The van der Waals surface area contributed by atoms with Crippen LogP contribution in [0.25, 0.3) is 0 Å². The summed E-state index contributed by atoms with van der Waals surface area (Å²) in [5.41, 5.74) is 0. The number of hydrogen-bond donors (Lipinski definition) is 0. The van der Waals surface area contributed by atoms with Crippen LogP contribution in [0.5, 0.6) is 0 Å². The van der Waals surface area contributed by atoms with Crippen molar-refractivity contribution in [1.82, 2.24) is 0 Å². The molecule has 6 heavy (non-hydrogen) atoms. The van der Waals surface area contributed by atoms with Gasteiger partial charge in [-0.25, -0.2) is 0 Å². The SMILES string of the molecule is FC(F)(F)Br.[CH]. The fraction of sp³-hybridized carbons (Fsp3) is 0.500. The van der Waals surface area contributed by atoms with Gasteiger partial charge >= 0.3 is 5.09 Å². The molecule has 3 radical (unpaired) electrons. The second-order valence-electron chi connectivity index (χ2n) is 0.429. The number of rotatable bonds is 0. The lowest BCUT2D eigenvalue weighted by Gasteiger charge is -1.85. The molecule has 37 valence electrons. The van der Waals surface area contributed by atoms with E-state index in [0.717, 1.165) is 0 Å². The predicted molar refractivity (Wildman–Crippen MR) is 19.3 cm³/mol. The Kier molecular flexibility index (Phi) is 3.89. The van der Waals surface area contributed by atoms with Crippen LogP contribution >= 0.6 is 15.9 Å². The molecule has 0 fully saturated rings. The first-order valence-corrected chi connectivity index (χ1v) is 1.55. The van der Waals surface area contributed by atoms with Gasteiger partial charge in [-0.3, -0.25) is 0 Å². The van der Waals surface area contributed by atoms with Crippen molar-refractivity contribution in [3.8, 4) is 0 Å². The largest absolute Gasteiger partial charge is 0.448 e. The van der Waals surface area contributed by atoms with Crippen molar-refractivity contribution >= 4 is 15.9 Å². The van der Waals surface area contributed by atoms with Gasteiger partial charge in [0.05, 0.1) is 0 Å². The molecule has 0 saturated carbocycles. The van der Waals surface area contributed by atoms with Gasteiger partial charge in [0.1, 0.15) is 0 Å². The molecule has 0 unspecified atom stereocenters. The molecule has 0 atom stereocenters. The Balaban J connectivity index is 0. The highest BCUT2D eigenvalue weighted by Gasteiger charge is 2.19. The minimum Gasteiger partial charge on any atom is -0.160 e. The van der Waals surface area contributed by atoms with E-state index in [9.17, 15) is 13.2 Å². The lowest BCUT2D eigenvalue weighted by molar-refractivity contribution is -0.0245. The van der Waals surface area contributed by atoms with Crippen molar-refractivity contribution in [2.75, 3.05) is 0 Å². The second kappa shape index (κ2) is 2.44. The predicted octanol–water partition coefficient (Wildman–Crippen LogP) is 2.11. The van der Waals surface area contributed by atoms with E-state index in [1.54, 1.807) is 0 Å². The van der Waals surface area contributed by atoms with E-state index in [4.69, 9.17) is 0 Å². The number of halogens is 4. The highest BCUT2D eigenvalue weighted by molar-refractivity contribution is 9.09. The summed E-state index contributed by atoms with van der Waals surface area (Å²) in [4.78, 5) is 0. The van der Waals surface area contributed by atoms with Crippen LogP contribution in [-0.4, -0.2) is 5.09 Å². The zero-order valence-electron chi connectivity index (χ0n) is 2.59. The molecule has 0 spiro atoms. The van der Waals surface area contributed by atoms with Crippen LogP contribution in [0.4, 0.5) is 13.2 Å². The molecule has 0 rings (SSSR count). The second-order valence-corrected chi connectivity index (χ2v) is 1.33. The van der Waals surface area contributed by atoms with Crippen LogP contribution in [0.2, 0.25) is 0 Å². The van der Waals surface area contributed by atoms with Crippen LogP contribution in [0.3, 0.4) is 0 Å². The summed E-state index contributed by atoms with van der Waals surface area (Å²) in [5.74, 6) is 0. The van der Waals surface area contributed by atoms with E-state index in [1.165, 1.54) is 15.9 Å². The van der Waals surface area contributed by atoms with Crippen LogP contribution in [0, 0.1) is 7.43 Å².